The molecule has 0 aliphatic heterocycles. The number of hydrogen-bond donors (Lipinski definition) is 2. The number of rotatable bonds is 3. The zero-order valence-electron chi connectivity index (χ0n) is 11.9. The number of carbonyl (C=O) groups excluding carboxylic acids is 1. The Labute approximate surface area is 146 Å². The number of nitrogens with one attached hydrogen (secondary N) is 1. The van der Waals surface area contributed by atoms with Crippen LogP contribution in [0.15, 0.2) is 53.1 Å². The molecule has 3 rings (SSSR count). The van der Waals surface area contributed by atoms with Gasteiger partial charge >= 0.3 is 0 Å². The predicted molar refractivity (Wildman–Crippen MR) is 93.7 cm³/mol. The maximum absolute atomic E-state index is 12.3. The van der Waals surface area contributed by atoms with E-state index in [-0.39, 0.29) is 17.2 Å². The van der Waals surface area contributed by atoms with Crippen molar-refractivity contribution in [2.45, 2.75) is 6.54 Å². The summed E-state index contributed by atoms with van der Waals surface area (Å²) in [6, 6.07) is 12.5. The lowest BCUT2D eigenvalue weighted by molar-refractivity contribution is 0.0948. The van der Waals surface area contributed by atoms with Crippen LogP contribution >= 0.6 is 27.5 Å². The lowest BCUT2D eigenvalue weighted by Gasteiger charge is -2.09. The number of aromatic nitrogens is 1. The first-order valence-electron chi connectivity index (χ1n) is 6.84. The molecule has 2 N–H and O–H groups in total. The van der Waals surface area contributed by atoms with Gasteiger partial charge in [-0.25, -0.2) is 0 Å². The van der Waals surface area contributed by atoms with Crippen molar-refractivity contribution in [3.8, 4) is 5.75 Å². The van der Waals surface area contributed by atoms with Crippen LogP contribution in [0.1, 0.15) is 15.9 Å². The van der Waals surface area contributed by atoms with Crippen LogP contribution in [0.5, 0.6) is 5.75 Å². The van der Waals surface area contributed by atoms with Gasteiger partial charge in [-0.05, 0) is 35.9 Å². The normalized spacial score (nSPS) is 10.7. The second-order valence-corrected chi connectivity index (χ2v) is 6.34. The van der Waals surface area contributed by atoms with Crippen LogP contribution < -0.4 is 5.32 Å². The quantitative estimate of drug-likeness (QED) is 0.700. The highest BCUT2D eigenvalue weighted by atomic mass is 79.9. The van der Waals surface area contributed by atoms with Gasteiger partial charge in [0.25, 0.3) is 5.91 Å². The molecule has 0 spiro atoms. The molecule has 1 amide bonds. The fraction of sp³-hybridized carbons (Fsp3) is 0.0588. The maximum Gasteiger partial charge on any atom is 0.256 e. The monoisotopic (exact) mass is 390 g/mol. The zero-order chi connectivity index (χ0) is 16.4. The topological polar surface area (TPSA) is 62.2 Å². The highest BCUT2D eigenvalue weighted by Crippen LogP contribution is 2.29. The molecular formula is C17H12BrClN2O2. The van der Waals surface area contributed by atoms with Gasteiger partial charge in [0.2, 0.25) is 0 Å². The summed E-state index contributed by atoms with van der Waals surface area (Å²) in [4.78, 5) is 16.5. The van der Waals surface area contributed by atoms with Crippen LogP contribution in [0.3, 0.4) is 0 Å². The molecule has 0 saturated heterocycles. The van der Waals surface area contributed by atoms with Crippen molar-refractivity contribution < 1.29 is 9.90 Å². The summed E-state index contributed by atoms with van der Waals surface area (Å²) in [5.74, 6) is -0.461. The smallest absolute Gasteiger partial charge is 0.256 e. The second kappa shape index (κ2) is 6.56. The number of benzene rings is 2. The molecule has 0 radical (unpaired) electrons. The van der Waals surface area contributed by atoms with E-state index < -0.39 is 0 Å². The molecule has 116 valence electrons. The number of halogens is 2. The van der Waals surface area contributed by atoms with E-state index >= 15 is 0 Å². The number of pyridine rings is 1. The number of nitrogens with zero attached hydrogens (tertiary/aromatic N) is 1. The average Bonchev–Trinajstić information content (AvgIpc) is 2.55. The molecule has 1 heterocycles. The standard InChI is InChI=1S/C17H12BrClN2O2/c18-11-3-6-15-13(7-11)16(22)14(9-20-15)17(23)21-8-10-1-4-12(19)5-2-10/h1-7,9H,8H2,(H,20,22)(H,21,23). The van der Waals surface area contributed by atoms with E-state index in [0.717, 1.165) is 10.0 Å². The van der Waals surface area contributed by atoms with Crippen LogP contribution in [-0.4, -0.2) is 16.0 Å². The number of fused-ring (bicyclic) bond motifs is 1. The molecule has 0 aliphatic rings. The minimum absolute atomic E-state index is 0.0788. The number of hydrogen-bond acceptors (Lipinski definition) is 3. The Morgan fingerprint density at radius 2 is 1.96 bits per heavy atom. The molecule has 4 nitrogen and oxygen atoms in total. The Morgan fingerprint density at radius 1 is 1.22 bits per heavy atom. The maximum atomic E-state index is 12.3. The van der Waals surface area contributed by atoms with Crippen LogP contribution in [0.4, 0.5) is 0 Å². The third-order valence-electron chi connectivity index (χ3n) is 3.41. The van der Waals surface area contributed by atoms with Gasteiger partial charge in [0.05, 0.1) is 5.52 Å². The molecule has 0 fully saturated rings. The molecule has 0 atom stereocenters. The van der Waals surface area contributed by atoms with Gasteiger partial charge in [0, 0.05) is 27.6 Å². The number of amides is 1. The van der Waals surface area contributed by atoms with E-state index in [1.165, 1.54) is 6.20 Å². The molecule has 2 aromatic carbocycles. The number of aromatic hydroxyl groups is 1. The fourth-order valence-electron chi connectivity index (χ4n) is 2.20. The highest BCUT2D eigenvalue weighted by molar-refractivity contribution is 9.10. The zero-order valence-corrected chi connectivity index (χ0v) is 14.2. The van der Waals surface area contributed by atoms with E-state index in [0.29, 0.717) is 22.5 Å². The fourth-order valence-corrected chi connectivity index (χ4v) is 2.68. The van der Waals surface area contributed by atoms with E-state index in [9.17, 15) is 9.90 Å². The minimum atomic E-state index is -0.383. The van der Waals surface area contributed by atoms with Crippen molar-refractivity contribution in [3.05, 3.63) is 69.3 Å². The predicted octanol–water partition coefficient (Wildman–Crippen LogP) is 4.29. The first kappa shape index (κ1) is 15.8. The van der Waals surface area contributed by atoms with Gasteiger partial charge in [0.1, 0.15) is 11.3 Å². The molecule has 1 aromatic heterocycles. The van der Waals surface area contributed by atoms with Crippen molar-refractivity contribution in [2.75, 3.05) is 0 Å². The molecule has 6 heteroatoms. The Hall–Kier alpha value is -2.11. The molecule has 3 aromatic rings. The van der Waals surface area contributed by atoms with Gasteiger partial charge < -0.3 is 10.4 Å². The van der Waals surface area contributed by atoms with Gasteiger partial charge in [-0.2, -0.15) is 0 Å². The molecule has 0 bridgehead atoms. The molecule has 0 aliphatic carbocycles. The summed E-state index contributed by atoms with van der Waals surface area (Å²) >= 11 is 9.17. The van der Waals surface area contributed by atoms with E-state index in [1.807, 2.05) is 18.2 Å². The number of carbonyl (C=O) groups is 1. The van der Waals surface area contributed by atoms with E-state index in [4.69, 9.17) is 11.6 Å². The van der Waals surface area contributed by atoms with Crippen molar-refractivity contribution >= 4 is 44.3 Å². The van der Waals surface area contributed by atoms with Crippen molar-refractivity contribution in [3.63, 3.8) is 0 Å². The second-order valence-electron chi connectivity index (χ2n) is 4.99. The summed E-state index contributed by atoms with van der Waals surface area (Å²) in [5, 5.41) is 14.3. The summed E-state index contributed by atoms with van der Waals surface area (Å²) in [5.41, 5.74) is 1.68. The summed E-state index contributed by atoms with van der Waals surface area (Å²) in [7, 11) is 0. The SMILES string of the molecule is O=C(NCc1ccc(Cl)cc1)c1cnc2ccc(Br)cc2c1O. The Bertz CT molecular complexity index is 882. The van der Waals surface area contributed by atoms with Gasteiger partial charge in [0.15, 0.2) is 0 Å². The highest BCUT2D eigenvalue weighted by Gasteiger charge is 2.15. The molecule has 0 unspecified atom stereocenters. The van der Waals surface area contributed by atoms with Crippen LogP contribution in [0.2, 0.25) is 5.02 Å². The molecule has 23 heavy (non-hydrogen) atoms. The van der Waals surface area contributed by atoms with Crippen LogP contribution in [0.25, 0.3) is 10.9 Å². The van der Waals surface area contributed by atoms with Gasteiger partial charge in [-0.15, -0.1) is 0 Å². The Kier molecular flexibility index (Phi) is 4.50. The third-order valence-corrected chi connectivity index (χ3v) is 4.16. The average molecular weight is 392 g/mol. The minimum Gasteiger partial charge on any atom is -0.506 e. The first-order chi connectivity index (χ1) is 11.0. The summed E-state index contributed by atoms with van der Waals surface area (Å²) in [6.45, 7) is 0.339. The molecular weight excluding hydrogens is 380 g/mol. The Balaban J connectivity index is 1.83. The van der Waals surface area contributed by atoms with Crippen molar-refractivity contribution in [2.24, 2.45) is 0 Å². The third kappa shape index (κ3) is 3.46. The lowest BCUT2D eigenvalue weighted by atomic mass is 10.1. The van der Waals surface area contributed by atoms with Crippen LogP contribution in [-0.2, 0) is 6.54 Å². The van der Waals surface area contributed by atoms with Crippen molar-refractivity contribution in [1.82, 2.24) is 10.3 Å². The van der Waals surface area contributed by atoms with Crippen molar-refractivity contribution in [1.29, 1.82) is 0 Å². The molecule has 0 saturated carbocycles. The van der Waals surface area contributed by atoms with E-state index in [2.05, 4.69) is 26.2 Å². The van der Waals surface area contributed by atoms with E-state index in [1.54, 1.807) is 24.3 Å². The Morgan fingerprint density at radius 3 is 2.70 bits per heavy atom. The largest absolute Gasteiger partial charge is 0.506 e. The van der Waals surface area contributed by atoms with Crippen LogP contribution in [0, 0.1) is 0 Å². The lowest BCUT2D eigenvalue weighted by Crippen LogP contribution is -2.23. The van der Waals surface area contributed by atoms with Gasteiger partial charge in [-0.1, -0.05) is 39.7 Å². The first-order valence-corrected chi connectivity index (χ1v) is 8.01. The summed E-state index contributed by atoms with van der Waals surface area (Å²) in [6.07, 6.45) is 1.38. The summed E-state index contributed by atoms with van der Waals surface area (Å²) < 4.78 is 0.806. The van der Waals surface area contributed by atoms with Gasteiger partial charge in [-0.3, -0.25) is 9.78 Å².